The molecule has 0 atom stereocenters. The lowest BCUT2D eigenvalue weighted by Crippen LogP contribution is -2.19. The first-order chi connectivity index (χ1) is 7.93. The minimum absolute atomic E-state index is 0.0883. The summed E-state index contributed by atoms with van der Waals surface area (Å²) in [6.45, 7) is 3.71. The molecule has 0 heterocycles. The van der Waals surface area contributed by atoms with E-state index in [0.717, 1.165) is 5.56 Å². The highest BCUT2D eigenvalue weighted by atomic mass is 32.2. The molecular weight excluding hydrogens is 236 g/mol. The molecule has 0 unspecified atom stereocenters. The van der Waals surface area contributed by atoms with Crippen LogP contribution in [0.5, 0.6) is 0 Å². The number of nitrogens with one attached hydrogen (secondary N) is 1. The van der Waals surface area contributed by atoms with E-state index in [-0.39, 0.29) is 11.7 Å². The average molecular weight is 252 g/mol. The van der Waals surface area contributed by atoms with Crippen molar-refractivity contribution in [1.29, 1.82) is 5.26 Å². The summed E-state index contributed by atoms with van der Waals surface area (Å²) in [7, 11) is -3.27. The van der Waals surface area contributed by atoms with Crippen LogP contribution in [0.3, 0.4) is 0 Å². The van der Waals surface area contributed by atoms with Crippen LogP contribution in [-0.2, 0) is 16.4 Å². The third kappa shape index (κ3) is 4.87. The third-order valence-corrected chi connectivity index (χ3v) is 3.72. The van der Waals surface area contributed by atoms with E-state index in [1.54, 1.807) is 24.3 Å². The Balaban J connectivity index is 2.73. The highest BCUT2D eigenvalue weighted by Gasteiger charge is 2.12. The summed E-state index contributed by atoms with van der Waals surface area (Å²) >= 11 is 0. The van der Waals surface area contributed by atoms with Crippen molar-refractivity contribution in [2.24, 2.45) is 5.92 Å². The smallest absolute Gasteiger partial charge is 0.232 e. The van der Waals surface area contributed by atoms with Crippen molar-refractivity contribution in [3.63, 3.8) is 0 Å². The maximum Gasteiger partial charge on any atom is 0.232 e. The first-order valence-corrected chi connectivity index (χ1v) is 7.04. The maximum absolute atomic E-state index is 11.7. The van der Waals surface area contributed by atoms with Gasteiger partial charge in [0.15, 0.2) is 0 Å². The molecular formula is C12H16N2O2S. The number of hydrogen-bond donors (Lipinski definition) is 1. The summed E-state index contributed by atoms with van der Waals surface area (Å²) in [5.41, 5.74) is 1.41. The molecule has 0 aliphatic carbocycles. The summed E-state index contributed by atoms with van der Waals surface area (Å²) in [6.07, 6.45) is 0.332. The van der Waals surface area contributed by atoms with Crippen molar-refractivity contribution in [2.45, 2.75) is 20.3 Å². The fraction of sp³-hybridized carbons (Fsp3) is 0.417. The van der Waals surface area contributed by atoms with Crippen LogP contribution in [-0.4, -0.2) is 14.2 Å². The lowest BCUT2D eigenvalue weighted by molar-refractivity contribution is 0.587. The van der Waals surface area contributed by atoms with Gasteiger partial charge in [-0.2, -0.15) is 5.26 Å². The second-order valence-corrected chi connectivity index (χ2v) is 6.08. The first-order valence-electron chi connectivity index (χ1n) is 5.39. The number of hydrogen-bond acceptors (Lipinski definition) is 3. The highest BCUT2D eigenvalue weighted by Crippen LogP contribution is 2.12. The number of benzene rings is 1. The van der Waals surface area contributed by atoms with Crippen LogP contribution >= 0.6 is 0 Å². The molecule has 1 N–H and O–H groups in total. The molecule has 0 amide bonds. The lowest BCUT2D eigenvalue weighted by atomic mass is 10.1. The predicted molar refractivity (Wildman–Crippen MR) is 68.0 cm³/mol. The van der Waals surface area contributed by atoms with E-state index in [1.165, 1.54) is 0 Å². The van der Waals surface area contributed by atoms with E-state index in [1.807, 2.05) is 19.9 Å². The van der Waals surface area contributed by atoms with Gasteiger partial charge in [-0.05, 0) is 23.6 Å². The zero-order chi connectivity index (χ0) is 12.9. The molecule has 0 saturated carbocycles. The zero-order valence-electron chi connectivity index (χ0n) is 9.97. The molecule has 1 aromatic carbocycles. The fourth-order valence-electron chi connectivity index (χ4n) is 1.44. The van der Waals surface area contributed by atoms with Crippen LogP contribution in [0, 0.1) is 17.2 Å². The second kappa shape index (κ2) is 5.69. The standard InChI is InChI=1S/C12H16N2O2S/c1-10(2)9-17(15,16)14-12-5-3-11(4-6-12)7-8-13/h3-6,10,14H,7,9H2,1-2H3. The van der Waals surface area contributed by atoms with Gasteiger partial charge in [0.1, 0.15) is 0 Å². The number of sulfonamides is 1. The Hall–Kier alpha value is -1.54. The highest BCUT2D eigenvalue weighted by molar-refractivity contribution is 7.92. The molecule has 0 spiro atoms. The fourth-order valence-corrected chi connectivity index (χ4v) is 2.90. The number of nitrogens with zero attached hydrogens (tertiary/aromatic N) is 1. The molecule has 0 aliphatic rings. The van der Waals surface area contributed by atoms with Gasteiger partial charge in [-0.25, -0.2) is 8.42 Å². The maximum atomic E-state index is 11.7. The number of rotatable bonds is 5. The summed E-state index contributed by atoms with van der Waals surface area (Å²) in [4.78, 5) is 0. The Kier molecular flexibility index (Phi) is 4.53. The van der Waals surface area contributed by atoms with Gasteiger partial charge in [0.05, 0.1) is 18.2 Å². The topological polar surface area (TPSA) is 70.0 Å². The lowest BCUT2D eigenvalue weighted by Gasteiger charge is -2.09. The van der Waals surface area contributed by atoms with E-state index in [0.29, 0.717) is 12.1 Å². The summed E-state index contributed by atoms with van der Waals surface area (Å²) in [5.74, 6) is 0.192. The number of nitriles is 1. The largest absolute Gasteiger partial charge is 0.284 e. The van der Waals surface area contributed by atoms with Gasteiger partial charge >= 0.3 is 0 Å². The van der Waals surface area contributed by atoms with Crippen molar-refractivity contribution >= 4 is 15.7 Å². The van der Waals surface area contributed by atoms with E-state index >= 15 is 0 Å². The molecule has 4 nitrogen and oxygen atoms in total. The first kappa shape index (κ1) is 13.5. The van der Waals surface area contributed by atoms with Gasteiger partial charge < -0.3 is 0 Å². The molecule has 92 valence electrons. The van der Waals surface area contributed by atoms with Crippen molar-refractivity contribution in [1.82, 2.24) is 0 Å². The molecule has 1 rings (SSSR count). The minimum Gasteiger partial charge on any atom is -0.284 e. The summed E-state index contributed by atoms with van der Waals surface area (Å²) < 4.78 is 25.8. The molecule has 5 heteroatoms. The SMILES string of the molecule is CC(C)CS(=O)(=O)Nc1ccc(CC#N)cc1. The van der Waals surface area contributed by atoms with Crippen LogP contribution in [0.1, 0.15) is 19.4 Å². The van der Waals surface area contributed by atoms with E-state index in [9.17, 15) is 8.42 Å². The Morgan fingerprint density at radius 3 is 2.35 bits per heavy atom. The molecule has 0 saturated heterocycles. The zero-order valence-corrected chi connectivity index (χ0v) is 10.8. The van der Waals surface area contributed by atoms with Crippen LogP contribution in [0.4, 0.5) is 5.69 Å². The van der Waals surface area contributed by atoms with Crippen LogP contribution in [0.15, 0.2) is 24.3 Å². The molecule has 0 radical (unpaired) electrons. The van der Waals surface area contributed by atoms with Gasteiger partial charge in [0, 0.05) is 5.69 Å². The van der Waals surface area contributed by atoms with Crippen molar-refractivity contribution in [3.8, 4) is 6.07 Å². The predicted octanol–water partition coefficient (Wildman–Crippen LogP) is 2.15. The second-order valence-electron chi connectivity index (χ2n) is 4.31. The van der Waals surface area contributed by atoms with Crippen molar-refractivity contribution < 1.29 is 8.42 Å². The van der Waals surface area contributed by atoms with Gasteiger partial charge in [0.25, 0.3) is 0 Å². The Labute approximate surface area is 102 Å². The molecule has 0 bridgehead atoms. The Morgan fingerprint density at radius 1 is 1.29 bits per heavy atom. The van der Waals surface area contributed by atoms with E-state index in [2.05, 4.69) is 4.72 Å². The monoisotopic (exact) mass is 252 g/mol. The molecule has 1 aromatic rings. The molecule has 0 fully saturated rings. The van der Waals surface area contributed by atoms with Crippen molar-refractivity contribution in [2.75, 3.05) is 10.5 Å². The summed E-state index contributed by atoms with van der Waals surface area (Å²) in [5, 5.41) is 8.51. The number of anilines is 1. The van der Waals surface area contributed by atoms with Gasteiger partial charge in [-0.1, -0.05) is 26.0 Å². The normalized spacial score (nSPS) is 11.2. The van der Waals surface area contributed by atoms with Gasteiger partial charge in [-0.15, -0.1) is 0 Å². The molecule has 17 heavy (non-hydrogen) atoms. The third-order valence-electron chi connectivity index (χ3n) is 2.06. The molecule has 0 aromatic heterocycles. The minimum atomic E-state index is -3.27. The van der Waals surface area contributed by atoms with Crippen LogP contribution in [0.2, 0.25) is 0 Å². The molecule has 0 aliphatic heterocycles. The Morgan fingerprint density at radius 2 is 1.88 bits per heavy atom. The van der Waals surface area contributed by atoms with Crippen LogP contribution in [0.25, 0.3) is 0 Å². The van der Waals surface area contributed by atoms with E-state index < -0.39 is 10.0 Å². The van der Waals surface area contributed by atoms with Crippen molar-refractivity contribution in [3.05, 3.63) is 29.8 Å². The summed E-state index contributed by atoms with van der Waals surface area (Å²) in [6, 6.07) is 8.87. The van der Waals surface area contributed by atoms with E-state index in [4.69, 9.17) is 5.26 Å². The average Bonchev–Trinajstić information content (AvgIpc) is 2.18. The van der Waals surface area contributed by atoms with Gasteiger partial charge in [0.2, 0.25) is 10.0 Å². The quantitative estimate of drug-likeness (QED) is 0.872. The Bertz CT molecular complexity index is 498. The van der Waals surface area contributed by atoms with Crippen LogP contribution < -0.4 is 4.72 Å². The van der Waals surface area contributed by atoms with Gasteiger partial charge in [-0.3, -0.25) is 4.72 Å².